The van der Waals surface area contributed by atoms with Crippen molar-refractivity contribution < 1.29 is 0 Å². The summed E-state index contributed by atoms with van der Waals surface area (Å²) in [6.45, 7) is 0. The van der Waals surface area contributed by atoms with Gasteiger partial charge in [0.25, 0.3) is 0 Å². The maximum atomic E-state index is 5.70. The van der Waals surface area contributed by atoms with E-state index in [9.17, 15) is 0 Å². The molecule has 502 valence electrons. The van der Waals surface area contributed by atoms with Gasteiger partial charge in [0, 0.05) is 98.4 Å². The lowest BCUT2D eigenvalue weighted by molar-refractivity contribution is 1.04. The Morgan fingerprint density at radius 3 is 0.852 bits per heavy atom. The van der Waals surface area contributed by atoms with E-state index >= 15 is 0 Å². The van der Waals surface area contributed by atoms with Crippen molar-refractivity contribution in [2.45, 2.75) is 0 Å². The Bertz CT molecular complexity index is 7390. The number of hydrogen-bond donors (Lipinski definition) is 0. The van der Waals surface area contributed by atoms with Crippen molar-refractivity contribution in [1.29, 1.82) is 0 Å². The van der Waals surface area contributed by atoms with Crippen LogP contribution in [0.5, 0.6) is 0 Å². The first-order valence-electron chi connectivity index (χ1n) is 36.8. The fourth-order valence-corrected chi connectivity index (χ4v) is 17.8. The summed E-state index contributed by atoms with van der Waals surface area (Å²) in [7, 11) is 0. The van der Waals surface area contributed by atoms with Crippen LogP contribution in [0.3, 0.4) is 0 Å². The highest BCUT2D eigenvalue weighted by Crippen LogP contribution is 2.47. The number of para-hydroxylation sites is 10. The summed E-state index contributed by atoms with van der Waals surface area (Å²) in [4.78, 5) is 16.7. The average Bonchev–Trinajstić information content (AvgIpc) is 1.56. The molecule has 0 bridgehead atoms. The van der Waals surface area contributed by atoms with Crippen LogP contribution in [0.2, 0.25) is 0 Å². The molecule has 0 aliphatic carbocycles. The number of aromatic nitrogens is 9. The second kappa shape index (κ2) is 23.4. The Morgan fingerprint density at radius 2 is 0.426 bits per heavy atom. The van der Waals surface area contributed by atoms with Crippen LogP contribution >= 0.6 is 0 Å². The smallest absolute Gasteiger partial charge is 0.164 e. The van der Waals surface area contributed by atoms with Crippen LogP contribution in [-0.4, -0.2) is 42.4 Å². The van der Waals surface area contributed by atoms with E-state index < -0.39 is 0 Å². The van der Waals surface area contributed by atoms with Crippen molar-refractivity contribution in [3.8, 4) is 79.4 Å². The zero-order valence-electron chi connectivity index (χ0n) is 58.2. The second-order valence-corrected chi connectivity index (χ2v) is 28.3. The monoisotopic (exact) mass is 1380 g/mol. The minimum absolute atomic E-state index is 0.537. The molecular formula is C99H61N9. The summed E-state index contributed by atoms with van der Waals surface area (Å²) in [6.07, 6.45) is 0. The molecule has 23 aromatic rings. The van der Waals surface area contributed by atoms with Gasteiger partial charge in [0.15, 0.2) is 17.5 Å². The molecule has 0 aliphatic heterocycles. The third-order valence-corrected chi connectivity index (χ3v) is 22.4. The van der Waals surface area contributed by atoms with Crippen LogP contribution in [0.4, 0.5) is 0 Å². The molecule has 0 radical (unpaired) electrons. The molecule has 0 saturated carbocycles. The van der Waals surface area contributed by atoms with Gasteiger partial charge in [-0.3, -0.25) is 0 Å². The molecule has 9 nitrogen and oxygen atoms in total. The van der Waals surface area contributed by atoms with Gasteiger partial charge in [0.05, 0.1) is 83.3 Å². The van der Waals surface area contributed by atoms with Gasteiger partial charge in [0.1, 0.15) is 0 Å². The minimum atomic E-state index is 0.537. The Hall–Kier alpha value is -14.7. The number of fused-ring (bicyclic) bond motifs is 18. The van der Waals surface area contributed by atoms with E-state index in [-0.39, 0.29) is 0 Å². The van der Waals surface area contributed by atoms with Crippen LogP contribution in [-0.2, 0) is 0 Å². The normalized spacial score (nSPS) is 12.1. The lowest BCUT2D eigenvalue weighted by Crippen LogP contribution is -2.10. The van der Waals surface area contributed by atoms with Crippen molar-refractivity contribution >= 4 is 131 Å². The fraction of sp³-hybridized carbons (Fsp3) is 0. The first kappa shape index (κ1) is 59.8. The van der Waals surface area contributed by atoms with E-state index in [1.54, 1.807) is 0 Å². The first-order valence-corrected chi connectivity index (χ1v) is 36.8. The van der Waals surface area contributed by atoms with E-state index in [1.807, 2.05) is 6.07 Å². The highest BCUT2D eigenvalue weighted by molar-refractivity contribution is 6.17. The molecule has 0 N–H and O–H groups in total. The van der Waals surface area contributed by atoms with Crippen LogP contribution in [0.25, 0.3) is 210 Å². The zero-order chi connectivity index (χ0) is 70.7. The summed E-state index contributed by atoms with van der Waals surface area (Å²) < 4.78 is 14.7. The second-order valence-electron chi connectivity index (χ2n) is 28.3. The van der Waals surface area contributed by atoms with E-state index in [0.29, 0.717) is 17.5 Å². The Labute approximate surface area is 618 Å². The molecule has 108 heavy (non-hydrogen) atoms. The maximum absolute atomic E-state index is 5.70. The molecule has 0 atom stereocenters. The minimum Gasteiger partial charge on any atom is -0.309 e. The van der Waals surface area contributed by atoms with Crippen LogP contribution in [0.15, 0.2) is 370 Å². The summed E-state index contributed by atoms with van der Waals surface area (Å²) >= 11 is 0. The Kier molecular flexibility index (Phi) is 13.0. The molecule has 0 unspecified atom stereocenters. The standard InChI is InChI=1S/C99H61N9/c1-3-26-62(27-4-1)97-100-98(65-28-25-31-68(56-65)104-82-41-16-7-32-70(82)71-33-8-17-42-83(71)104)102-99(101-97)66-59-94(106-86-45-20-9-34-72(86)73-35-10-21-46-87(73)106)96(95(60-66)107-88-47-22-11-36-74(88)75-37-12-23-48-89(75)107)108-90-49-24-15-40-78(90)81-61-69(52-55-93(81)108)105-85-44-19-14-39-77(85)80-58-64(51-54-92(80)105)63-50-53-91-79(57-63)76-38-13-18-43-84(76)103(91)67-29-5-2-6-30-67/h1-61H. The SMILES string of the molecule is c1ccc(-c2nc(-c3cccc(-n4c5ccccc5c5ccccc54)c3)nc(-c3cc(-n4c5ccccc5c5ccccc54)c(-n4c5ccccc5c5cc(-n6c7ccccc7c7cc(-c8ccc9c(c8)c8ccccc8n9-c8ccccc8)ccc76)ccc54)c(-n4c5ccccc5c5ccccc54)c3)n2)cc1. The summed E-state index contributed by atoms with van der Waals surface area (Å²) in [5, 5.41) is 14.1. The molecule has 9 heteroatoms. The zero-order valence-corrected chi connectivity index (χ0v) is 58.2. The van der Waals surface area contributed by atoms with E-state index in [0.717, 1.165) is 138 Å². The predicted octanol–water partition coefficient (Wildman–Crippen LogP) is 25.1. The molecule has 23 rings (SSSR count). The van der Waals surface area contributed by atoms with E-state index in [2.05, 4.69) is 391 Å². The molecule has 0 amide bonds. The maximum Gasteiger partial charge on any atom is 0.164 e. The van der Waals surface area contributed by atoms with Gasteiger partial charge in [-0.2, -0.15) is 0 Å². The third kappa shape index (κ3) is 8.90. The average molecular weight is 1380 g/mol. The van der Waals surface area contributed by atoms with E-state index in [4.69, 9.17) is 15.0 Å². The summed E-state index contributed by atoms with van der Waals surface area (Å²) in [6, 6.07) is 135. The van der Waals surface area contributed by atoms with Gasteiger partial charge in [-0.15, -0.1) is 0 Å². The van der Waals surface area contributed by atoms with Gasteiger partial charge in [0.2, 0.25) is 0 Å². The van der Waals surface area contributed by atoms with Crippen molar-refractivity contribution in [2.75, 3.05) is 0 Å². The molecule has 0 aliphatic rings. The van der Waals surface area contributed by atoms with Gasteiger partial charge in [-0.05, 0) is 145 Å². The summed E-state index contributed by atoms with van der Waals surface area (Å²) in [5.41, 5.74) is 24.3. The van der Waals surface area contributed by atoms with Crippen molar-refractivity contribution in [1.82, 2.24) is 42.4 Å². The molecule has 7 aromatic heterocycles. The van der Waals surface area contributed by atoms with E-state index in [1.165, 1.54) is 54.5 Å². The fourth-order valence-electron chi connectivity index (χ4n) is 17.8. The number of hydrogen-bond acceptors (Lipinski definition) is 3. The number of benzene rings is 16. The highest BCUT2D eigenvalue weighted by atomic mass is 15.1. The van der Waals surface area contributed by atoms with Crippen LogP contribution in [0.1, 0.15) is 0 Å². The molecular weight excluding hydrogens is 1320 g/mol. The molecule has 16 aromatic carbocycles. The Balaban J connectivity index is 0.775. The molecule has 0 spiro atoms. The lowest BCUT2D eigenvalue weighted by Gasteiger charge is -2.23. The number of nitrogens with zero attached hydrogens (tertiary/aromatic N) is 9. The lowest BCUT2D eigenvalue weighted by atomic mass is 10.0. The van der Waals surface area contributed by atoms with Crippen molar-refractivity contribution in [2.24, 2.45) is 0 Å². The summed E-state index contributed by atoms with van der Waals surface area (Å²) in [5.74, 6) is 1.67. The topological polar surface area (TPSA) is 68.2 Å². The van der Waals surface area contributed by atoms with Gasteiger partial charge >= 0.3 is 0 Å². The van der Waals surface area contributed by atoms with Crippen molar-refractivity contribution in [3.05, 3.63) is 370 Å². The van der Waals surface area contributed by atoms with Crippen LogP contribution < -0.4 is 0 Å². The molecule has 0 fully saturated rings. The van der Waals surface area contributed by atoms with Crippen molar-refractivity contribution in [3.63, 3.8) is 0 Å². The van der Waals surface area contributed by atoms with Gasteiger partial charge < -0.3 is 27.4 Å². The first-order chi connectivity index (χ1) is 53.6. The third-order valence-electron chi connectivity index (χ3n) is 22.4. The van der Waals surface area contributed by atoms with Gasteiger partial charge in [-0.1, -0.05) is 237 Å². The highest BCUT2D eigenvalue weighted by Gasteiger charge is 2.29. The van der Waals surface area contributed by atoms with Gasteiger partial charge in [-0.25, -0.2) is 15.0 Å². The van der Waals surface area contributed by atoms with Crippen LogP contribution in [0, 0.1) is 0 Å². The Morgan fingerprint density at radius 1 is 0.148 bits per heavy atom. The number of rotatable bonds is 10. The largest absolute Gasteiger partial charge is 0.309 e. The predicted molar refractivity (Wildman–Crippen MR) is 448 cm³/mol. The molecule has 7 heterocycles. The molecule has 0 saturated heterocycles. The quantitative estimate of drug-likeness (QED) is 0.137.